The van der Waals surface area contributed by atoms with E-state index in [4.69, 9.17) is 68.6 Å². The van der Waals surface area contributed by atoms with Crippen LogP contribution in [0, 0.1) is 5.41 Å². The third-order valence-corrected chi connectivity index (χ3v) is 5.20. The third-order valence-electron chi connectivity index (χ3n) is 4.69. The van der Waals surface area contributed by atoms with Gasteiger partial charge in [-0.2, -0.15) is 0 Å². The van der Waals surface area contributed by atoms with Crippen molar-refractivity contribution in [1.82, 2.24) is 5.32 Å². The van der Waals surface area contributed by atoms with Crippen molar-refractivity contribution in [1.29, 1.82) is 5.41 Å². The summed E-state index contributed by atoms with van der Waals surface area (Å²) < 4.78 is 29.6. The zero-order chi connectivity index (χ0) is 27.8. The summed E-state index contributed by atoms with van der Waals surface area (Å²) in [5, 5.41) is 10.4. The molecule has 1 aromatic carbocycles. The number of hydrogen-bond acceptors (Lipinski definition) is 11. The Morgan fingerprint density at radius 1 is 0.919 bits per heavy atom. The van der Waals surface area contributed by atoms with Crippen LogP contribution in [-0.2, 0) is 49.4 Å². The van der Waals surface area contributed by atoms with Gasteiger partial charge in [-0.3, -0.25) is 19.8 Å². The molecular formula is C22H25Cl3N2O10. The molecule has 204 valence electrons. The number of hydrogen-bond donors (Lipinski definition) is 2. The number of alkyl carbamates (subject to hydrolysis) is 1. The Kier molecular flexibility index (Phi) is 11.2. The number of amides is 1. The van der Waals surface area contributed by atoms with Gasteiger partial charge < -0.3 is 33.7 Å². The molecule has 0 spiro atoms. The van der Waals surface area contributed by atoms with Crippen molar-refractivity contribution in [2.24, 2.45) is 0 Å². The molecule has 2 rings (SSSR count). The molecule has 0 unspecified atom stereocenters. The standard InChI is InChI=1S/C22H25Cl3N2O10/c1-11(28)32-10-15-17(34-12(2)29)18(35-13(3)30)16(19(36-15)37-20(26)22(23,24)25)27-21(31)33-9-14-7-5-4-6-8-14/h4-8,15-19,26H,9-10H2,1-3H3,(H,27,31)/t15-,16-,17-,18+,19-/m1/s1. The van der Waals surface area contributed by atoms with Gasteiger partial charge in [-0.1, -0.05) is 65.1 Å². The van der Waals surface area contributed by atoms with Crippen LogP contribution in [0.5, 0.6) is 0 Å². The highest BCUT2D eigenvalue weighted by molar-refractivity contribution is 6.76. The van der Waals surface area contributed by atoms with Crippen LogP contribution in [0.25, 0.3) is 0 Å². The van der Waals surface area contributed by atoms with Crippen molar-refractivity contribution in [3.05, 3.63) is 35.9 Å². The molecule has 15 heteroatoms. The first-order valence-electron chi connectivity index (χ1n) is 10.7. The summed E-state index contributed by atoms with van der Waals surface area (Å²) >= 11 is 17.2. The number of benzene rings is 1. The van der Waals surface area contributed by atoms with Crippen LogP contribution in [-0.4, -0.2) is 70.9 Å². The molecule has 1 aliphatic rings. The number of esters is 3. The van der Waals surface area contributed by atoms with E-state index < -0.39 is 70.9 Å². The van der Waals surface area contributed by atoms with Crippen molar-refractivity contribution in [2.75, 3.05) is 6.61 Å². The number of rotatable bonds is 8. The van der Waals surface area contributed by atoms with Gasteiger partial charge in [0.05, 0.1) is 0 Å². The van der Waals surface area contributed by atoms with Gasteiger partial charge in [-0.05, 0) is 5.56 Å². The molecule has 37 heavy (non-hydrogen) atoms. The van der Waals surface area contributed by atoms with Crippen LogP contribution >= 0.6 is 34.8 Å². The van der Waals surface area contributed by atoms with Crippen LogP contribution in [0.3, 0.4) is 0 Å². The SMILES string of the molecule is CC(=O)OC[C@H]1O[C@H](OC(=N)C(Cl)(Cl)Cl)[C@H](NC(=O)OCc2ccccc2)[C@H](OC(C)=O)[C@@H]1OC(C)=O. The van der Waals surface area contributed by atoms with Crippen LogP contribution in [0.15, 0.2) is 30.3 Å². The second-order valence-corrected chi connectivity index (χ2v) is 9.95. The fourth-order valence-corrected chi connectivity index (χ4v) is 3.37. The number of halogens is 3. The fraction of sp³-hybridized carbons (Fsp3) is 0.500. The highest BCUT2D eigenvalue weighted by atomic mass is 35.6. The summed E-state index contributed by atoms with van der Waals surface area (Å²) in [6.45, 7) is 2.71. The van der Waals surface area contributed by atoms with E-state index in [0.29, 0.717) is 5.56 Å². The van der Waals surface area contributed by atoms with Gasteiger partial charge in [0, 0.05) is 20.8 Å². The Morgan fingerprint density at radius 2 is 1.51 bits per heavy atom. The predicted molar refractivity (Wildman–Crippen MR) is 129 cm³/mol. The molecular weight excluding hydrogens is 559 g/mol. The topological polar surface area (TPSA) is 160 Å². The van der Waals surface area contributed by atoms with Gasteiger partial charge in [0.25, 0.3) is 3.79 Å². The van der Waals surface area contributed by atoms with Gasteiger partial charge in [0.1, 0.15) is 25.4 Å². The fourth-order valence-electron chi connectivity index (χ4n) is 3.24. The average Bonchev–Trinajstić information content (AvgIpc) is 2.79. The Hall–Kier alpha value is -2.80. The maximum Gasteiger partial charge on any atom is 0.408 e. The van der Waals surface area contributed by atoms with Gasteiger partial charge >= 0.3 is 24.0 Å². The molecule has 0 bridgehead atoms. The molecule has 1 fully saturated rings. The van der Waals surface area contributed by atoms with Crippen molar-refractivity contribution in [3.63, 3.8) is 0 Å². The summed E-state index contributed by atoms with van der Waals surface area (Å²) in [6, 6.07) is 7.29. The highest BCUT2D eigenvalue weighted by Crippen LogP contribution is 2.32. The van der Waals surface area contributed by atoms with Crippen molar-refractivity contribution >= 4 is 64.7 Å². The molecule has 1 aliphatic heterocycles. The lowest BCUT2D eigenvalue weighted by Crippen LogP contribution is -2.67. The summed E-state index contributed by atoms with van der Waals surface area (Å²) in [7, 11) is 0. The largest absolute Gasteiger partial charge is 0.463 e. The van der Waals surface area contributed by atoms with E-state index >= 15 is 0 Å². The molecule has 12 nitrogen and oxygen atoms in total. The first-order chi connectivity index (χ1) is 17.3. The molecule has 1 aromatic rings. The quantitative estimate of drug-likeness (QED) is 0.153. The molecule has 1 amide bonds. The first-order valence-corrected chi connectivity index (χ1v) is 11.8. The second kappa shape index (κ2) is 13.7. The zero-order valence-electron chi connectivity index (χ0n) is 19.9. The van der Waals surface area contributed by atoms with E-state index in [9.17, 15) is 19.2 Å². The van der Waals surface area contributed by atoms with E-state index in [2.05, 4.69) is 5.32 Å². The Balaban J connectivity index is 2.39. The molecule has 5 atom stereocenters. The molecule has 2 N–H and O–H groups in total. The highest BCUT2D eigenvalue weighted by Gasteiger charge is 2.53. The number of ether oxygens (including phenoxy) is 6. The van der Waals surface area contributed by atoms with E-state index in [1.54, 1.807) is 30.3 Å². The lowest BCUT2D eigenvalue weighted by molar-refractivity contribution is -0.260. The molecule has 0 aliphatic carbocycles. The number of alkyl halides is 3. The maximum absolute atomic E-state index is 12.7. The number of carbonyl (C=O) groups is 4. The van der Waals surface area contributed by atoms with Crippen LogP contribution in [0.2, 0.25) is 0 Å². The lowest BCUT2D eigenvalue weighted by Gasteiger charge is -2.44. The third kappa shape index (κ3) is 9.88. The summed E-state index contributed by atoms with van der Waals surface area (Å²) in [4.78, 5) is 47.9. The van der Waals surface area contributed by atoms with Crippen LogP contribution < -0.4 is 5.32 Å². The van der Waals surface area contributed by atoms with E-state index in [-0.39, 0.29) is 6.61 Å². The van der Waals surface area contributed by atoms with Gasteiger partial charge in [-0.25, -0.2) is 4.79 Å². The van der Waals surface area contributed by atoms with Crippen LogP contribution in [0.1, 0.15) is 26.3 Å². The van der Waals surface area contributed by atoms with Gasteiger partial charge in [0.15, 0.2) is 12.2 Å². The number of nitrogens with one attached hydrogen (secondary N) is 2. The van der Waals surface area contributed by atoms with Crippen LogP contribution in [0.4, 0.5) is 4.79 Å². The Bertz CT molecular complexity index is 989. The summed E-state index contributed by atoms with van der Waals surface area (Å²) in [5.41, 5.74) is 0.680. The maximum atomic E-state index is 12.7. The minimum absolute atomic E-state index is 0.115. The molecule has 1 saturated heterocycles. The predicted octanol–water partition coefficient (Wildman–Crippen LogP) is 2.80. The Morgan fingerprint density at radius 3 is 2.05 bits per heavy atom. The first kappa shape index (κ1) is 30.4. The summed E-state index contributed by atoms with van der Waals surface area (Å²) in [5.74, 6) is -3.21. The smallest absolute Gasteiger partial charge is 0.408 e. The van der Waals surface area contributed by atoms with E-state index in [0.717, 1.165) is 20.8 Å². The Labute approximate surface area is 227 Å². The zero-order valence-corrected chi connectivity index (χ0v) is 22.2. The summed E-state index contributed by atoms with van der Waals surface area (Å²) in [6.07, 6.45) is -6.77. The normalized spacial score (nSPS) is 23.2. The van der Waals surface area contributed by atoms with E-state index in [1.165, 1.54) is 0 Å². The molecule has 0 radical (unpaired) electrons. The van der Waals surface area contributed by atoms with E-state index in [1.807, 2.05) is 0 Å². The molecule has 1 heterocycles. The van der Waals surface area contributed by atoms with Crippen molar-refractivity contribution in [2.45, 2.75) is 61.8 Å². The average molecular weight is 584 g/mol. The number of carbonyl (C=O) groups excluding carboxylic acids is 4. The lowest BCUT2D eigenvalue weighted by atomic mass is 9.96. The monoisotopic (exact) mass is 582 g/mol. The van der Waals surface area contributed by atoms with Gasteiger partial charge in [-0.15, -0.1) is 0 Å². The minimum atomic E-state index is -2.32. The van der Waals surface area contributed by atoms with Gasteiger partial charge in [0.2, 0.25) is 12.2 Å². The van der Waals surface area contributed by atoms with Crippen molar-refractivity contribution in [3.8, 4) is 0 Å². The van der Waals surface area contributed by atoms with Crippen molar-refractivity contribution < 1.29 is 47.6 Å². The minimum Gasteiger partial charge on any atom is -0.463 e. The second-order valence-electron chi connectivity index (χ2n) is 7.67. The molecule has 0 saturated carbocycles. The molecule has 0 aromatic heterocycles.